The monoisotopic (exact) mass is 798 g/mol. The molecule has 0 aromatic heterocycles. The highest BCUT2D eigenvalue weighted by Gasteiger charge is 2.40. The van der Waals surface area contributed by atoms with Crippen molar-refractivity contribution in [1.29, 1.82) is 0 Å². The van der Waals surface area contributed by atoms with E-state index in [0.29, 0.717) is 0 Å². The van der Waals surface area contributed by atoms with E-state index < -0.39 is 16.2 Å². The smallest absolute Gasteiger partial charge is 0.118 e. The van der Waals surface area contributed by atoms with Gasteiger partial charge in [0.1, 0.15) is 34.5 Å². The zero-order valence-electron chi connectivity index (χ0n) is 36.0. The fourth-order valence-electron chi connectivity index (χ4n) is 8.54. The highest BCUT2D eigenvalue weighted by molar-refractivity contribution is 5.61. The van der Waals surface area contributed by atoms with E-state index in [2.05, 4.69) is 112 Å². The van der Waals surface area contributed by atoms with Gasteiger partial charge in [-0.3, -0.25) is 0 Å². The summed E-state index contributed by atoms with van der Waals surface area (Å²) >= 11 is 0. The molecule has 6 heteroatoms. The maximum absolute atomic E-state index is 5.66. The van der Waals surface area contributed by atoms with E-state index in [-0.39, 0.29) is 0 Å². The van der Waals surface area contributed by atoms with E-state index in [4.69, 9.17) is 28.4 Å². The summed E-state index contributed by atoms with van der Waals surface area (Å²) < 4.78 is 34.0. The van der Waals surface area contributed by atoms with Crippen molar-refractivity contribution >= 4 is 0 Å². The first-order valence-corrected chi connectivity index (χ1v) is 20.1. The molecule has 0 bridgehead atoms. The Kier molecular flexibility index (Phi) is 12.0. The second-order valence-electron chi connectivity index (χ2n) is 15.5. The van der Waals surface area contributed by atoms with Crippen LogP contribution in [-0.4, -0.2) is 42.7 Å². The molecule has 0 N–H and O–H groups in total. The summed E-state index contributed by atoms with van der Waals surface area (Å²) in [6.45, 7) is 6.95. The molecule has 0 saturated carbocycles. The lowest BCUT2D eigenvalue weighted by molar-refractivity contribution is 0.414. The molecule has 0 radical (unpaired) electrons. The van der Waals surface area contributed by atoms with Crippen LogP contribution in [0.15, 0.2) is 164 Å². The lowest BCUT2D eigenvalue weighted by Crippen LogP contribution is -2.32. The van der Waals surface area contributed by atoms with Crippen LogP contribution in [0.2, 0.25) is 0 Å². The van der Waals surface area contributed by atoms with Gasteiger partial charge in [0.05, 0.1) is 42.7 Å². The Morgan fingerprint density at radius 1 is 0.217 bits per heavy atom. The average molecular weight is 799 g/mol. The minimum Gasteiger partial charge on any atom is -0.497 e. The van der Waals surface area contributed by atoms with Crippen molar-refractivity contribution in [3.63, 3.8) is 0 Å². The summed E-state index contributed by atoms with van der Waals surface area (Å²) in [4.78, 5) is 0. The SMILES string of the molecule is COc1ccc(C(C)(c2ccc(OC)cc2)c2cc(C(C)(c3ccc(OC)cc3)c3ccc(OC)cc3)cc(C(C)(c3ccc(OC)cc3)c3ccc(OC)cc3)c2)cc1. The predicted molar refractivity (Wildman–Crippen MR) is 241 cm³/mol. The third-order valence-electron chi connectivity index (χ3n) is 12.7. The third kappa shape index (κ3) is 7.54. The molecule has 0 amide bonds. The molecule has 0 heterocycles. The zero-order valence-corrected chi connectivity index (χ0v) is 36.0. The number of methoxy groups -OCH3 is 6. The summed E-state index contributed by atoms with van der Waals surface area (Å²) in [6.07, 6.45) is 0. The van der Waals surface area contributed by atoms with Crippen LogP contribution in [0.4, 0.5) is 0 Å². The fourth-order valence-corrected chi connectivity index (χ4v) is 8.54. The molecule has 0 atom stereocenters. The van der Waals surface area contributed by atoms with E-state index in [1.807, 2.05) is 72.8 Å². The van der Waals surface area contributed by atoms with Gasteiger partial charge in [-0.05, 0) is 144 Å². The van der Waals surface area contributed by atoms with Crippen LogP contribution < -0.4 is 28.4 Å². The number of rotatable bonds is 15. The molecule has 0 aliphatic carbocycles. The van der Waals surface area contributed by atoms with Crippen LogP contribution in [0, 0.1) is 0 Å². The first kappa shape index (κ1) is 41.5. The fraction of sp³-hybridized carbons (Fsp3) is 0.222. The number of ether oxygens (including phenoxy) is 6. The van der Waals surface area contributed by atoms with Gasteiger partial charge in [0.2, 0.25) is 0 Å². The molecule has 60 heavy (non-hydrogen) atoms. The van der Waals surface area contributed by atoms with Crippen LogP contribution in [0.3, 0.4) is 0 Å². The Balaban J connectivity index is 1.62. The molecule has 7 aromatic rings. The second kappa shape index (κ2) is 17.3. The van der Waals surface area contributed by atoms with Crippen molar-refractivity contribution in [3.05, 3.63) is 214 Å². The van der Waals surface area contributed by atoms with Crippen LogP contribution in [0.5, 0.6) is 34.5 Å². The summed E-state index contributed by atoms with van der Waals surface area (Å²) in [6, 6.07) is 57.8. The number of hydrogen-bond donors (Lipinski definition) is 0. The van der Waals surface area contributed by atoms with E-state index in [9.17, 15) is 0 Å². The van der Waals surface area contributed by atoms with Crippen molar-refractivity contribution in [2.45, 2.75) is 37.0 Å². The normalized spacial score (nSPS) is 11.8. The average Bonchev–Trinajstić information content (AvgIpc) is 3.33. The van der Waals surface area contributed by atoms with Crippen LogP contribution in [0.25, 0.3) is 0 Å². The van der Waals surface area contributed by atoms with E-state index in [0.717, 1.165) is 84.6 Å². The molecular formula is C54H54O6. The molecular weight excluding hydrogens is 745 g/mol. The standard InChI is InChI=1S/C54H54O6/c1-52(37-10-22-46(55-4)23-11-37,38-12-24-47(56-5)25-13-38)43-34-44(53(2,39-14-26-48(57-6)27-15-39)40-16-28-49(58-7)29-17-40)36-45(35-43)54(3,41-18-30-50(59-8)31-19-41)42-20-32-51(60-9)33-21-42/h10-36H,1-9H3. The van der Waals surface area contributed by atoms with Gasteiger partial charge in [0.25, 0.3) is 0 Å². The summed E-state index contributed by atoms with van der Waals surface area (Å²) in [5, 5.41) is 0. The molecule has 0 aliphatic rings. The van der Waals surface area contributed by atoms with Gasteiger partial charge < -0.3 is 28.4 Å². The number of hydrogen-bond acceptors (Lipinski definition) is 6. The molecule has 0 spiro atoms. The maximum atomic E-state index is 5.66. The highest BCUT2D eigenvalue weighted by Crippen LogP contribution is 2.49. The Hall–Kier alpha value is -6.66. The molecule has 7 rings (SSSR count). The predicted octanol–water partition coefficient (Wildman–Crippen LogP) is 11.8. The molecule has 0 unspecified atom stereocenters. The summed E-state index contributed by atoms with van der Waals surface area (Å²) in [5.74, 6) is 4.77. The van der Waals surface area contributed by atoms with Gasteiger partial charge in [-0.25, -0.2) is 0 Å². The van der Waals surface area contributed by atoms with Crippen LogP contribution in [0.1, 0.15) is 70.8 Å². The molecule has 7 aromatic carbocycles. The highest BCUT2D eigenvalue weighted by atomic mass is 16.5. The lowest BCUT2D eigenvalue weighted by atomic mass is 9.63. The summed E-state index contributed by atoms with van der Waals surface area (Å²) in [7, 11) is 10.2. The quantitative estimate of drug-likeness (QED) is 0.0963. The van der Waals surface area contributed by atoms with Crippen molar-refractivity contribution in [2.24, 2.45) is 0 Å². The van der Waals surface area contributed by atoms with E-state index in [1.165, 1.54) is 0 Å². The Morgan fingerprint density at radius 2 is 0.350 bits per heavy atom. The van der Waals surface area contributed by atoms with Crippen LogP contribution in [-0.2, 0) is 16.2 Å². The number of benzene rings is 7. The molecule has 0 saturated heterocycles. The van der Waals surface area contributed by atoms with Gasteiger partial charge >= 0.3 is 0 Å². The summed E-state index contributed by atoms with van der Waals surface area (Å²) in [5.41, 5.74) is 8.09. The zero-order chi connectivity index (χ0) is 42.5. The van der Waals surface area contributed by atoms with E-state index >= 15 is 0 Å². The van der Waals surface area contributed by atoms with Crippen molar-refractivity contribution in [2.75, 3.05) is 42.7 Å². The van der Waals surface area contributed by atoms with Crippen molar-refractivity contribution in [1.82, 2.24) is 0 Å². The molecule has 306 valence electrons. The molecule has 0 fully saturated rings. The lowest BCUT2D eigenvalue weighted by Gasteiger charge is -2.39. The molecule has 6 nitrogen and oxygen atoms in total. The topological polar surface area (TPSA) is 55.4 Å². The Bertz CT molecular complexity index is 2050. The van der Waals surface area contributed by atoms with Crippen LogP contribution >= 0.6 is 0 Å². The van der Waals surface area contributed by atoms with Gasteiger partial charge in [0, 0.05) is 16.2 Å². The van der Waals surface area contributed by atoms with Gasteiger partial charge in [0.15, 0.2) is 0 Å². The van der Waals surface area contributed by atoms with Gasteiger partial charge in [-0.15, -0.1) is 0 Å². The Labute approximate surface area is 355 Å². The second-order valence-corrected chi connectivity index (χ2v) is 15.5. The largest absolute Gasteiger partial charge is 0.497 e. The first-order chi connectivity index (χ1) is 29.0. The minimum absolute atomic E-state index is 0.648. The third-order valence-corrected chi connectivity index (χ3v) is 12.7. The van der Waals surface area contributed by atoms with Crippen molar-refractivity contribution in [3.8, 4) is 34.5 Å². The Morgan fingerprint density at radius 3 is 0.467 bits per heavy atom. The van der Waals surface area contributed by atoms with Gasteiger partial charge in [-0.2, -0.15) is 0 Å². The van der Waals surface area contributed by atoms with Gasteiger partial charge in [-0.1, -0.05) is 91.0 Å². The molecule has 0 aliphatic heterocycles. The maximum Gasteiger partial charge on any atom is 0.118 e. The van der Waals surface area contributed by atoms with E-state index in [1.54, 1.807) is 42.7 Å². The van der Waals surface area contributed by atoms with Crippen molar-refractivity contribution < 1.29 is 28.4 Å². The first-order valence-electron chi connectivity index (χ1n) is 20.1. The minimum atomic E-state index is -0.648.